The van der Waals surface area contributed by atoms with Crippen LogP contribution in [0.15, 0.2) is 0 Å². The fourth-order valence-electron chi connectivity index (χ4n) is 3.60. The van der Waals surface area contributed by atoms with Crippen LogP contribution < -0.4 is 5.73 Å². The Bertz CT molecular complexity index is 193. The fraction of sp³-hybridized carbons (Fsp3) is 1.00. The van der Waals surface area contributed by atoms with Gasteiger partial charge in [-0.25, -0.2) is 0 Å². The highest BCUT2D eigenvalue weighted by molar-refractivity contribution is 5.23. The summed E-state index contributed by atoms with van der Waals surface area (Å²) in [5.41, 5.74) is 7.14. The third-order valence-corrected chi connectivity index (χ3v) is 4.87. The van der Waals surface area contributed by atoms with Crippen molar-refractivity contribution >= 4 is 0 Å². The number of hydrogen-bond donors (Lipinski definition) is 1. The number of rotatable bonds is 2. The van der Waals surface area contributed by atoms with Crippen LogP contribution >= 0.6 is 0 Å². The molecule has 0 bridgehead atoms. The van der Waals surface area contributed by atoms with Gasteiger partial charge in [0, 0.05) is 6.04 Å². The van der Waals surface area contributed by atoms with E-state index in [4.69, 9.17) is 5.73 Å². The monoisotopic (exact) mass is 167 g/mol. The van der Waals surface area contributed by atoms with E-state index >= 15 is 0 Å². The Balaban J connectivity index is 2.17. The molecule has 2 rings (SSSR count). The molecule has 2 fully saturated rings. The van der Waals surface area contributed by atoms with Crippen LogP contribution in [0.3, 0.4) is 0 Å². The zero-order chi connectivity index (χ0) is 8.98. The average Bonchev–Trinajstić information content (AvgIpc) is 2.32. The maximum Gasteiger partial charge on any atom is 0.0161 e. The van der Waals surface area contributed by atoms with E-state index in [2.05, 4.69) is 20.8 Å². The van der Waals surface area contributed by atoms with E-state index in [0.29, 0.717) is 16.9 Å². The first-order chi connectivity index (χ1) is 5.57. The molecule has 0 aromatic rings. The molecule has 0 amide bonds. The molecule has 0 aromatic heterocycles. The molecule has 2 aliphatic carbocycles. The molecule has 12 heavy (non-hydrogen) atoms. The van der Waals surface area contributed by atoms with E-state index in [1.165, 1.54) is 25.7 Å². The van der Waals surface area contributed by atoms with E-state index < -0.39 is 0 Å². The lowest BCUT2D eigenvalue weighted by Gasteiger charge is -2.36. The molecule has 2 aliphatic rings. The molecule has 0 aromatic carbocycles. The Morgan fingerprint density at radius 1 is 1.33 bits per heavy atom. The van der Waals surface area contributed by atoms with Crippen LogP contribution in [-0.2, 0) is 0 Å². The fourth-order valence-corrected chi connectivity index (χ4v) is 3.60. The normalized spacial score (nSPS) is 45.5. The summed E-state index contributed by atoms with van der Waals surface area (Å²) in [7, 11) is 0. The Morgan fingerprint density at radius 2 is 1.83 bits per heavy atom. The molecule has 1 heteroatoms. The van der Waals surface area contributed by atoms with Crippen molar-refractivity contribution < 1.29 is 0 Å². The van der Waals surface area contributed by atoms with Crippen LogP contribution in [-0.4, -0.2) is 6.04 Å². The molecule has 0 radical (unpaired) electrons. The summed E-state index contributed by atoms with van der Waals surface area (Å²) < 4.78 is 0. The van der Waals surface area contributed by atoms with Crippen molar-refractivity contribution in [3.8, 4) is 0 Å². The number of hydrogen-bond acceptors (Lipinski definition) is 1. The molecule has 2 saturated carbocycles. The van der Waals surface area contributed by atoms with Gasteiger partial charge in [-0.15, -0.1) is 0 Å². The van der Waals surface area contributed by atoms with Crippen molar-refractivity contribution in [2.24, 2.45) is 22.5 Å². The maximum atomic E-state index is 6.20. The van der Waals surface area contributed by atoms with Gasteiger partial charge in [0.2, 0.25) is 0 Å². The highest BCUT2D eigenvalue weighted by Crippen LogP contribution is 2.71. The van der Waals surface area contributed by atoms with Crippen LogP contribution in [0.25, 0.3) is 0 Å². The molecular weight excluding hydrogens is 146 g/mol. The second kappa shape index (κ2) is 2.25. The van der Waals surface area contributed by atoms with E-state index in [0.717, 1.165) is 5.92 Å². The lowest BCUT2D eigenvalue weighted by atomic mass is 9.69. The van der Waals surface area contributed by atoms with Gasteiger partial charge in [0.15, 0.2) is 0 Å². The van der Waals surface area contributed by atoms with Crippen molar-refractivity contribution in [2.75, 3.05) is 0 Å². The first kappa shape index (κ1) is 8.55. The lowest BCUT2D eigenvalue weighted by molar-refractivity contribution is 0.140. The highest BCUT2D eigenvalue weighted by Gasteiger charge is 2.71. The van der Waals surface area contributed by atoms with Crippen molar-refractivity contribution in [1.29, 1.82) is 0 Å². The first-order valence-electron chi connectivity index (χ1n) is 5.33. The molecule has 2 atom stereocenters. The topological polar surface area (TPSA) is 26.0 Å². The molecule has 0 spiro atoms. The SMILES string of the molecule is CCC1(C2CCC2)C(N)C1(C)C. The van der Waals surface area contributed by atoms with E-state index in [9.17, 15) is 0 Å². The van der Waals surface area contributed by atoms with Crippen molar-refractivity contribution in [3.63, 3.8) is 0 Å². The summed E-state index contributed by atoms with van der Waals surface area (Å²) in [6.07, 6.45) is 5.59. The smallest absolute Gasteiger partial charge is 0.0161 e. The maximum absolute atomic E-state index is 6.20. The quantitative estimate of drug-likeness (QED) is 0.672. The highest BCUT2D eigenvalue weighted by atomic mass is 14.9. The summed E-state index contributed by atoms with van der Waals surface area (Å²) in [6.45, 7) is 7.01. The summed E-state index contributed by atoms with van der Waals surface area (Å²) in [6, 6.07) is 0.472. The van der Waals surface area contributed by atoms with Gasteiger partial charge in [0.25, 0.3) is 0 Å². The standard InChI is InChI=1S/C11H21N/c1-4-11(8-6-5-7-8)9(12)10(11,2)3/h8-9H,4-7,12H2,1-3H3. The van der Waals surface area contributed by atoms with Gasteiger partial charge in [-0.2, -0.15) is 0 Å². The van der Waals surface area contributed by atoms with Crippen LogP contribution in [0.5, 0.6) is 0 Å². The average molecular weight is 167 g/mol. The molecule has 0 heterocycles. The molecule has 0 aliphatic heterocycles. The zero-order valence-corrected chi connectivity index (χ0v) is 8.56. The van der Waals surface area contributed by atoms with Crippen LogP contribution in [0.4, 0.5) is 0 Å². The molecule has 2 N–H and O–H groups in total. The van der Waals surface area contributed by atoms with Gasteiger partial charge < -0.3 is 5.73 Å². The second-order valence-corrected chi connectivity index (χ2v) is 5.22. The van der Waals surface area contributed by atoms with Gasteiger partial charge in [-0.05, 0) is 36.0 Å². The third kappa shape index (κ3) is 0.693. The first-order valence-corrected chi connectivity index (χ1v) is 5.33. The predicted octanol–water partition coefficient (Wildman–Crippen LogP) is 2.55. The predicted molar refractivity (Wildman–Crippen MR) is 51.8 cm³/mol. The van der Waals surface area contributed by atoms with E-state index in [1.54, 1.807) is 0 Å². The van der Waals surface area contributed by atoms with E-state index in [-0.39, 0.29) is 0 Å². The summed E-state index contributed by atoms with van der Waals surface area (Å²) in [4.78, 5) is 0. The molecule has 2 unspecified atom stereocenters. The molecule has 1 nitrogen and oxygen atoms in total. The third-order valence-electron chi connectivity index (χ3n) is 4.87. The molecule has 0 saturated heterocycles. The summed E-state index contributed by atoms with van der Waals surface area (Å²) in [5, 5.41) is 0. The largest absolute Gasteiger partial charge is 0.327 e. The van der Waals surface area contributed by atoms with Crippen molar-refractivity contribution in [3.05, 3.63) is 0 Å². The van der Waals surface area contributed by atoms with Crippen LogP contribution in [0.2, 0.25) is 0 Å². The van der Waals surface area contributed by atoms with Gasteiger partial charge >= 0.3 is 0 Å². The van der Waals surface area contributed by atoms with Crippen molar-refractivity contribution in [1.82, 2.24) is 0 Å². The minimum Gasteiger partial charge on any atom is -0.327 e. The van der Waals surface area contributed by atoms with E-state index in [1.807, 2.05) is 0 Å². The van der Waals surface area contributed by atoms with Gasteiger partial charge in [0.1, 0.15) is 0 Å². The van der Waals surface area contributed by atoms with Gasteiger partial charge in [0.05, 0.1) is 0 Å². The van der Waals surface area contributed by atoms with Gasteiger partial charge in [-0.3, -0.25) is 0 Å². The second-order valence-electron chi connectivity index (χ2n) is 5.22. The number of nitrogens with two attached hydrogens (primary N) is 1. The summed E-state index contributed by atoms with van der Waals surface area (Å²) in [5.74, 6) is 0.951. The Kier molecular flexibility index (Phi) is 1.61. The zero-order valence-electron chi connectivity index (χ0n) is 8.56. The van der Waals surface area contributed by atoms with Crippen LogP contribution in [0.1, 0.15) is 46.5 Å². The minimum atomic E-state index is 0.423. The molecule has 70 valence electrons. The van der Waals surface area contributed by atoms with Crippen molar-refractivity contribution in [2.45, 2.75) is 52.5 Å². The lowest BCUT2D eigenvalue weighted by Crippen LogP contribution is -2.29. The Morgan fingerprint density at radius 3 is 1.92 bits per heavy atom. The summed E-state index contributed by atoms with van der Waals surface area (Å²) >= 11 is 0. The minimum absolute atomic E-state index is 0.423. The Hall–Kier alpha value is -0.0400. The Labute approximate surface area is 75.7 Å². The van der Waals surface area contributed by atoms with Crippen LogP contribution in [0, 0.1) is 16.7 Å². The molecular formula is C11H21N. The van der Waals surface area contributed by atoms with Gasteiger partial charge in [-0.1, -0.05) is 27.2 Å².